The second kappa shape index (κ2) is 8.56. The monoisotopic (exact) mass is 382 g/mol. The molecule has 0 unspecified atom stereocenters. The summed E-state index contributed by atoms with van der Waals surface area (Å²) in [5, 5.41) is 7.27. The molecule has 3 heterocycles. The number of carbonyl (C=O) groups is 2. The van der Waals surface area contributed by atoms with E-state index in [-0.39, 0.29) is 17.9 Å². The van der Waals surface area contributed by atoms with Crippen LogP contribution in [0.2, 0.25) is 0 Å². The number of aromatic amines is 1. The standard InChI is InChI=1S/C21H26N4O3/c26-20(14-16-6-2-1-3-7-16)25-9-5-4-8-19(25)17-15-18(23-22-17)21(27)24-10-12-28-13-11-24/h1-3,6-7,15,19H,4-5,8-14H2,(H,22,23)/t19-/m1/s1. The maximum absolute atomic E-state index is 12.9. The minimum atomic E-state index is -0.0798. The Morgan fingerprint density at radius 2 is 1.89 bits per heavy atom. The minimum absolute atomic E-state index is 0.0521. The number of aromatic nitrogens is 2. The number of ether oxygens (including phenoxy) is 1. The first-order valence-electron chi connectivity index (χ1n) is 9.98. The van der Waals surface area contributed by atoms with Gasteiger partial charge in [0.25, 0.3) is 5.91 Å². The van der Waals surface area contributed by atoms with Crippen LogP contribution in [0.5, 0.6) is 0 Å². The van der Waals surface area contributed by atoms with Gasteiger partial charge >= 0.3 is 0 Å². The third-order valence-electron chi connectivity index (χ3n) is 5.50. The maximum Gasteiger partial charge on any atom is 0.274 e. The average Bonchev–Trinajstić information content (AvgIpc) is 3.25. The van der Waals surface area contributed by atoms with Crippen molar-refractivity contribution in [2.45, 2.75) is 31.7 Å². The van der Waals surface area contributed by atoms with Crippen LogP contribution in [0, 0.1) is 0 Å². The van der Waals surface area contributed by atoms with Crippen molar-refractivity contribution in [3.05, 3.63) is 53.3 Å². The Hall–Kier alpha value is -2.67. The van der Waals surface area contributed by atoms with E-state index in [1.807, 2.05) is 41.3 Å². The van der Waals surface area contributed by atoms with Crippen LogP contribution in [-0.4, -0.2) is 64.7 Å². The third-order valence-corrected chi connectivity index (χ3v) is 5.50. The molecule has 2 saturated heterocycles. The summed E-state index contributed by atoms with van der Waals surface area (Å²) in [5.74, 6) is 0.0373. The van der Waals surface area contributed by atoms with Crippen LogP contribution in [0.15, 0.2) is 36.4 Å². The topological polar surface area (TPSA) is 78.5 Å². The molecule has 1 atom stereocenters. The minimum Gasteiger partial charge on any atom is -0.378 e. The van der Waals surface area contributed by atoms with E-state index in [4.69, 9.17) is 4.74 Å². The molecular formula is C21H26N4O3. The highest BCUT2D eigenvalue weighted by Gasteiger charge is 2.30. The van der Waals surface area contributed by atoms with E-state index in [2.05, 4.69) is 10.2 Å². The SMILES string of the molecule is O=C(c1cc([C@H]2CCCCN2C(=O)Cc2ccccc2)[nH]n1)N1CCOCC1. The first-order chi connectivity index (χ1) is 13.7. The Kier molecular flexibility index (Phi) is 5.71. The van der Waals surface area contributed by atoms with Crippen LogP contribution in [0.25, 0.3) is 0 Å². The second-order valence-electron chi connectivity index (χ2n) is 7.37. The Morgan fingerprint density at radius 1 is 1.11 bits per heavy atom. The summed E-state index contributed by atoms with van der Waals surface area (Å²) in [5.41, 5.74) is 2.28. The van der Waals surface area contributed by atoms with Crippen molar-refractivity contribution in [2.75, 3.05) is 32.8 Å². The number of likely N-dealkylation sites (tertiary alicyclic amines) is 1. The van der Waals surface area contributed by atoms with E-state index < -0.39 is 0 Å². The van der Waals surface area contributed by atoms with E-state index in [0.717, 1.165) is 37.1 Å². The second-order valence-corrected chi connectivity index (χ2v) is 7.37. The normalized spacial score (nSPS) is 20.2. The maximum atomic E-state index is 12.9. The summed E-state index contributed by atoms with van der Waals surface area (Å²) in [6.07, 6.45) is 3.34. The molecular weight excluding hydrogens is 356 g/mol. The van der Waals surface area contributed by atoms with E-state index in [1.165, 1.54) is 0 Å². The highest BCUT2D eigenvalue weighted by atomic mass is 16.5. The largest absolute Gasteiger partial charge is 0.378 e. The zero-order valence-electron chi connectivity index (χ0n) is 16.0. The molecule has 148 valence electrons. The number of hydrogen-bond donors (Lipinski definition) is 1. The van der Waals surface area contributed by atoms with E-state index >= 15 is 0 Å². The lowest BCUT2D eigenvalue weighted by Crippen LogP contribution is -2.41. The first-order valence-corrected chi connectivity index (χ1v) is 9.98. The molecule has 7 heteroatoms. The van der Waals surface area contributed by atoms with Crippen LogP contribution in [0.4, 0.5) is 0 Å². The summed E-state index contributed by atoms with van der Waals surface area (Å²) in [4.78, 5) is 29.3. The highest BCUT2D eigenvalue weighted by Crippen LogP contribution is 2.31. The molecule has 0 aliphatic carbocycles. The van der Waals surface area contributed by atoms with Gasteiger partial charge < -0.3 is 14.5 Å². The molecule has 7 nitrogen and oxygen atoms in total. The molecule has 2 fully saturated rings. The number of rotatable bonds is 4. The van der Waals surface area contributed by atoms with Gasteiger partial charge in [0.2, 0.25) is 5.91 Å². The molecule has 0 saturated carbocycles. The number of H-pyrrole nitrogens is 1. The molecule has 1 aromatic carbocycles. The van der Waals surface area contributed by atoms with E-state index in [0.29, 0.717) is 38.4 Å². The van der Waals surface area contributed by atoms with Crippen molar-refractivity contribution < 1.29 is 14.3 Å². The zero-order valence-corrected chi connectivity index (χ0v) is 16.0. The highest BCUT2D eigenvalue weighted by molar-refractivity contribution is 5.92. The number of carbonyl (C=O) groups excluding carboxylic acids is 2. The predicted molar refractivity (Wildman–Crippen MR) is 104 cm³/mol. The number of amides is 2. The molecule has 0 bridgehead atoms. The van der Waals surface area contributed by atoms with Crippen molar-refractivity contribution in [3.63, 3.8) is 0 Å². The molecule has 2 aromatic rings. The summed E-state index contributed by atoms with van der Waals surface area (Å²) in [6, 6.07) is 11.6. The molecule has 4 rings (SSSR count). The lowest BCUT2D eigenvalue weighted by Gasteiger charge is -2.35. The third kappa shape index (κ3) is 4.09. The predicted octanol–water partition coefficient (Wildman–Crippen LogP) is 2.18. The van der Waals surface area contributed by atoms with Gasteiger partial charge in [-0.1, -0.05) is 30.3 Å². The molecule has 1 N–H and O–H groups in total. The van der Waals surface area contributed by atoms with Gasteiger partial charge in [0, 0.05) is 19.6 Å². The van der Waals surface area contributed by atoms with Crippen molar-refractivity contribution in [3.8, 4) is 0 Å². The zero-order chi connectivity index (χ0) is 19.3. The Labute approximate surface area is 164 Å². The van der Waals surface area contributed by atoms with Crippen LogP contribution < -0.4 is 0 Å². The molecule has 0 spiro atoms. The smallest absolute Gasteiger partial charge is 0.274 e. The number of nitrogens with one attached hydrogen (secondary N) is 1. The van der Waals surface area contributed by atoms with Gasteiger partial charge in [-0.25, -0.2) is 0 Å². The van der Waals surface area contributed by atoms with Crippen LogP contribution >= 0.6 is 0 Å². The van der Waals surface area contributed by atoms with Gasteiger partial charge in [0.05, 0.1) is 31.4 Å². The van der Waals surface area contributed by atoms with Gasteiger partial charge in [0.15, 0.2) is 0 Å². The fourth-order valence-electron chi connectivity index (χ4n) is 3.97. The van der Waals surface area contributed by atoms with E-state index in [1.54, 1.807) is 4.90 Å². The lowest BCUT2D eigenvalue weighted by atomic mass is 9.98. The first kappa shape index (κ1) is 18.7. The fraction of sp³-hybridized carbons (Fsp3) is 0.476. The Morgan fingerprint density at radius 3 is 2.68 bits per heavy atom. The van der Waals surface area contributed by atoms with Crippen LogP contribution in [0.3, 0.4) is 0 Å². The fourth-order valence-corrected chi connectivity index (χ4v) is 3.97. The van der Waals surface area contributed by atoms with Gasteiger partial charge in [-0.15, -0.1) is 0 Å². The lowest BCUT2D eigenvalue weighted by molar-refractivity contribution is -0.134. The summed E-state index contributed by atoms with van der Waals surface area (Å²) in [7, 11) is 0. The molecule has 2 amide bonds. The van der Waals surface area contributed by atoms with Crippen molar-refractivity contribution in [2.24, 2.45) is 0 Å². The van der Waals surface area contributed by atoms with Crippen LogP contribution in [0.1, 0.15) is 47.1 Å². The summed E-state index contributed by atoms with van der Waals surface area (Å²) in [6.45, 7) is 3.04. The van der Waals surface area contributed by atoms with E-state index in [9.17, 15) is 9.59 Å². The Balaban J connectivity index is 1.47. The number of morpholine rings is 1. The van der Waals surface area contributed by atoms with Gasteiger partial charge in [0.1, 0.15) is 5.69 Å². The van der Waals surface area contributed by atoms with Gasteiger partial charge in [-0.3, -0.25) is 14.7 Å². The molecule has 28 heavy (non-hydrogen) atoms. The number of nitrogens with zero attached hydrogens (tertiary/aromatic N) is 3. The number of benzene rings is 1. The number of hydrogen-bond acceptors (Lipinski definition) is 4. The summed E-state index contributed by atoms with van der Waals surface area (Å²) >= 11 is 0. The molecule has 1 aromatic heterocycles. The van der Waals surface area contributed by atoms with Crippen molar-refractivity contribution in [1.29, 1.82) is 0 Å². The van der Waals surface area contributed by atoms with Gasteiger partial charge in [-0.05, 0) is 30.9 Å². The van der Waals surface area contributed by atoms with Crippen LogP contribution in [-0.2, 0) is 16.0 Å². The van der Waals surface area contributed by atoms with Crippen molar-refractivity contribution in [1.82, 2.24) is 20.0 Å². The molecule has 2 aliphatic rings. The number of piperidine rings is 1. The average molecular weight is 382 g/mol. The molecule has 2 aliphatic heterocycles. The summed E-state index contributed by atoms with van der Waals surface area (Å²) < 4.78 is 5.31. The molecule has 0 radical (unpaired) electrons. The quantitative estimate of drug-likeness (QED) is 0.879. The van der Waals surface area contributed by atoms with Crippen molar-refractivity contribution >= 4 is 11.8 Å². The van der Waals surface area contributed by atoms with Gasteiger partial charge in [-0.2, -0.15) is 5.10 Å². The Bertz CT molecular complexity index is 814.